The lowest BCUT2D eigenvalue weighted by molar-refractivity contribution is 0.0684. The van der Waals surface area contributed by atoms with E-state index in [0.717, 1.165) is 5.39 Å². The smallest absolute Gasteiger partial charge is 0.352 e. The fourth-order valence-corrected chi connectivity index (χ4v) is 1.96. The first-order valence-corrected chi connectivity index (χ1v) is 5.19. The molecule has 0 radical (unpaired) electrons. The van der Waals surface area contributed by atoms with Gasteiger partial charge in [0, 0.05) is 11.9 Å². The second-order valence-electron chi connectivity index (χ2n) is 3.61. The average molecular weight is 235 g/mol. The number of aliphatic hydroxyl groups is 1. The van der Waals surface area contributed by atoms with Gasteiger partial charge in [0.2, 0.25) is 0 Å². The highest BCUT2D eigenvalue weighted by molar-refractivity contribution is 5.96. The number of aromatic carboxylic acids is 1. The van der Waals surface area contributed by atoms with Crippen LogP contribution in [0.2, 0.25) is 0 Å². The predicted molar refractivity (Wildman–Crippen MR) is 62.5 cm³/mol. The second kappa shape index (κ2) is 4.47. The van der Waals surface area contributed by atoms with Crippen LogP contribution in [0.3, 0.4) is 0 Å². The van der Waals surface area contributed by atoms with Gasteiger partial charge in [-0.15, -0.1) is 0 Å². The fraction of sp³-hybridized carbons (Fsp3) is 0.250. The van der Waals surface area contributed by atoms with E-state index >= 15 is 0 Å². The maximum Gasteiger partial charge on any atom is 0.352 e. The molecule has 0 amide bonds. The summed E-state index contributed by atoms with van der Waals surface area (Å²) in [5.41, 5.74) is 0.847. The van der Waals surface area contributed by atoms with E-state index < -0.39 is 5.97 Å². The molecule has 0 aliphatic carbocycles. The molecule has 1 aromatic heterocycles. The summed E-state index contributed by atoms with van der Waals surface area (Å²) < 4.78 is 6.76. The monoisotopic (exact) mass is 235 g/mol. The van der Waals surface area contributed by atoms with Gasteiger partial charge in [-0.1, -0.05) is 12.1 Å². The van der Waals surface area contributed by atoms with Crippen LogP contribution in [0, 0.1) is 0 Å². The Balaban J connectivity index is 2.76. The van der Waals surface area contributed by atoms with Crippen LogP contribution in [0.15, 0.2) is 24.3 Å². The molecule has 0 unspecified atom stereocenters. The zero-order chi connectivity index (χ0) is 12.4. The topological polar surface area (TPSA) is 71.7 Å². The minimum atomic E-state index is -1.02. The Morgan fingerprint density at radius 2 is 2.24 bits per heavy atom. The van der Waals surface area contributed by atoms with Gasteiger partial charge in [0.15, 0.2) is 0 Å². The summed E-state index contributed by atoms with van der Waals surface area (Å²) in [6, 6.07) is 6.96. The molecule has 0 aliphatic rings. The molecule has 1 heterocycles. The van der Waals surface area contributed by atoms with Gasteiger partial charge in [-0.05, 0) is 12.1 Å². The van der Waals surface area contributed by atoms with E-state index in [1.54, 1.807) is 22.8 Å². The van der Waals surface area contributed by atoms with Crippen LogP contribution in [0.4, 0.5) is 0 Å². The third-order valence-corrected chi connectivity index (χ3v) is 2.65. The van der Waals surface area contributed by atoms with Gasteiger partial charge >= 0.3 is 5.97 Å². The third kappa shape index (κ3) is 1.85. The SMILES string of the molecule is COc1cccc2cc(C(=O)O)n(CCO)c12. The molecule has 0 bridgehead atoms. The molecule has 17 heavy (non-hydrogen) atoms. The summed E-state index contributed by atoms with van der Waals surface area (Å²) in [6.45, 7) is 0.105. The maximum atomic E-state index is 11.1. The third-order valence-electron chi connectivity index (χ3n) is 2.65. The Morgan fingerprint density at radius 3 is 2.82 bits per heavy atom. The highest BCUT2D eigenvalue weighted by atomic mass is 16.5. The number of nitrogens with zero attached hydrogens (tertiary/aromatic N) is 1. The largest absolute Gasteiger partial charge is 0.495 e. The van der Waals surface area contributed by atoms with Gasteiger partial charge in [-0.3, -0.25) is 0 Å². The number of benzene rings is 1. The van der Waals surface area contributed by atoms with E-state index in [4.69, 9.17) is 14.9 Å². The van der Waals surface area contributed by atoms with Crippen LogP contribution in [-0.4, -0.2) is 34.5 Å². The summed E-state index contributed by atoms with van der Waals surface area (Å²) >= 11 is 0. The fourth-order valence-electron chi connectivity index (χ4n) is 1.96. The van der Waals surface area contributed by atoms with Crippen molar-refractivity contribution in [2.75, 3.05) is 13.7 Å². The average Bonchev–Trinajstić information content (AvgIpc) is 2.69. The van der Waals surface area contributed by atoms with Crippen LogP contribution >= 0.6 is 0 Å². The van der Waals surface area contributed by atoms with Crippen LogP contribution in [0.1, 0.15) is 10.5 Å². The van der Waals surface area contributed by atoms with Gasteiger partial charge in [0.25, 0.3) is 0 Å². The van der Waals surface area contributed by atoms with E-state index in [1.165, 1.54) is 7.11 Å². The Hall–Kier alpha value is -2.01. The number of hydrogen-bond acceptors (Lipinski definition) is 3. The van der Waals surface area contributed by atoms with Crippen molar-refractivity contribution < 1.29 is 19.7 Å². The van der Waals surface area contributed by atoms with Gasteiger partial charge in [0.1, 0.15) is 11.4 Å². The van der Waals surface area contributed by atoms with Crippen LogP contribution in [0.25, 0.3) is 10.9 Å². The van der Waals surface area contributed by atoms with E-state index in [9.17, 15) is 4.79 Å². The minimum absolute atomic E-state index is 0.123. The number of carboxylic acid groups (broad SMARTS) is 1. The lowest BCUT2D eigenvalue weighted by Crippen LogP contribution is -2.11. The van der Waals surface area contributed by atoms with Crippen LogP contribution in [-0.2, 0) is 6.54 Å². The van der Waals surface area contributed by atoms with E-state index in [1.807, 2.05) is 6.07 Å². The zero-order valence-electron chi connectivity index (χ0n) is 9.38. The Kier molecular flexibility index (Phi) is 3.01. The molecular weight excluding hydrogens is 222 g/mol. The molecule has 5 heteroatoms. The molecule has 0 saturated carbocycles. The van der Waals surface area contributed by atoms with Crippen molar-refractivity contribution in [3.05, 3.63) is 30.0 Å². The first kappa shape index (κ1) is 11.5. The summed E-state index contributed by atoms with van der Waals surface area (Å²) in [6.07, 6.45) is 0. The summed E-state index contributed by atoms with van der Waals surface area (Å²) in [5, 5.41) is 18.9. The molecular formula is C12H13NO4. The lowest BCUT2D eigenvalue weighted by atomic mass is 10.2. The number of para-hydroxylation sites is 1. The van der Waals surface area contributed by atoms with Crippen molar-refractivity contribution in [3.63, 3.8) is 0 Å². The Bertz CT molecular complexity index is 559. The Morgan fingerprint density at radius 1 is 1.47 bits per heavy atom. The molecule has 90 valence electrons. The number of rotatable bonds is 4. The number of aliphatic hydroxyl groups excluding tert-OH is 1. The summed E-state index contributed by atoms with van der Waals surface area (Å²) in [5.74, 6) is -0.417. The maximum absolute atomic E-state index is 11.1. The van der Waals surface area contributed by atoms with Gasteiger partial charge in [0.05, 0.1) is 19.2 Å². The lowest BCUT2D eigenvalue weighted by Gasteiger charge is -2.09. The number of carboxylic acids is 1. The quantitative estimate of drug-likeness (QED) is 0.838. The molecule has 0 spiro atoms. The van der Waals surface area contributed by atoms with E-state index in [0.29, 0.717) is 11.3 Å². The van der Waals surface area contributed by atoms with Crippen molar-refractivity contribution in [1.29, 1.82) is 0 Å². The molecule has 2 N–H and O–H groups in total. The molecule has 0 atom stereocenters. The number of hydrogen-bond donors (Lipinski definition) is 2. The molecule has 0 aliphatic heterocycles. The highest BCUT2D eigenvalue weighted by Gasteiger charge is 2.16. The van der Waals surface area contributed by atoms with Crippen molar-refractivity contribution in [2.24, 2.45) is 0 Å². The van der Waals surface area contributed by atoms with Crippen molar-refractivity contribution in [1.82, 2.24) is 4.57 Å². The van der Waals surface area contributed by atoms with Crippen LogP contribution in [0.5, 0.6) is 5.75 Å². The molecule has 2 aromatic rings. The van der Waals surface area contributed by atoms with Crippen molar-refractivity contribution in [2.45, 2.75) is 6.54 Å². The van der Waals surface area contributed by atoms with Gasteiger partial charge in [-0.2, -0.15) is 0 Å². The van der Waals surface area contributed by atoms with Gasteiger partial charge in [-0.25, -0.2) is 4.79 Å². The summed E-state index contributed by atoms with van der Waals surface area (Å²) in [7, 11) is 1.53. The zero-order valence-corrected chi connectivity index (χ0v) is 9.38. The first-order chi connectivity index (χ1) is 8.19. The number of methoxy groups -OCH3 is 1. The summed E-state index contributed by atoms with van der Waals surface area (Å²) in [4.78, 5) is 11.1. The number of carbonyl (C=O) groups is 1. The van der Waals surface area contributed by atoms with E-state index in [2.05, 4.69) is 0 Å². The van der Waals surface area contributed by atoms with Gasteiger partial charge < -0.3 is 19.5 Å². The van der Waals surface area contributed by atoms with E-state index in [-0.39, 0.29) is 18.8 Å². The molecule has 1 aromatic carbocycles. The number of aromatic nitrogens is 1. The molecule has 2 rings (SSSR count). The van der Waals surface area contributed by atoms with Crippen molar-refractivity contribution >= 4 is 16.9 Å². The minimum Gasteiger partial charge on any atom is -0.495 e. The first-order valence-electron chi connectivity index (χ1n) is 5.19. The normalized spacial score (nSPS) is 10.7. The predicted octanol–water partition coefficient (Wildman–Crippen LogP) is 1.34. The number of ether oxygens (including phenoxy) is 1. The standard InChI is InChI=1S/C12H13NO4/c1-17-10-4-2-3-8-7-9(12(15)16)13(5-6-14)11(8)10/h2-4,7,14H,5-6H2,1H3,(H,15,16). The molecule has 5 nitrogen and oxygen atoms in total. The Labute approximate surface area is 97.9 Å². The second-order valence-corrected chi connectivity index (χ2v) is 3.61. The van der Waals surface area contributed by atoms with Crippen LogP contribution < -0.4 is 4.74 Å². The highest BCUT2D eigenvalue weighted by Crippen LogP contribution is 2.28. The van der Waals surface area contributed by atoms with Crippen molar-refractivity contribution in [3.8, 4) is 5.75 Å². The number of fused-ring (bicyclic) bond motifs is 1. The molecule has 0 fully saturated rings. The molecule has 0 saturated heterocycles.